The van der Waals surface area contributed by atoms with Crippen molar-refractivity contribution in [2.45, 2.75) is 19.8 Å². The van der Waals surface area contributed by atoms with Gasteiger partial charge in [-0.15, -0.1) is 0 Å². The largest absolute Gasteiger partial charge is 0.242 e. The highest BCUT2D eigenvalue weighted by Crippen LogP contribution is 2.06. The molecule has 0 unspecified atom stereocenters. The maximum atomic E-state index is 11.0. The van der Waals surface area contributed by atoms with Crippen LogP contribution < -0.4 is 0 Å². The molecule has 0 bridgehead atoms. The Morgan fingerprint density at radius 1 is 1.20 bits per heavy atom. The van der Waals surface area contributed by atoms with Crippen molar-refractivity contribution in [2.24, 2.45) is 0 Å². The number of halogens is 2. The molecule has 0 aromatic carbocycles. The Labute approximate surface area is 29.8 Å². The molecule has 0 rings (SSSR count). The van der Waals surface area contributed by atoms with Crippen LogP contribution in [0.25, 0.3) is 0 Å². The number of rotatable bonds is 0. The van der Waals surface area contributed by atoms with Crippen LogP contribution in [0.15, 0.2) is 0 Å². The minimum atomic E-state index is -2.50. The van der Waals surface area contributed by atoms with Gasteiger partial charge < -0.3 is 0 Å². The summed E-state index contributed by atoms with van der Waals surface area (Å²) in [5.74, 6) is -2.50. The molecular formula is C3H6F2. The highest BCUT2D eigenvalue weighted by Gasteiger charge is 2.08. The van der Waals surface area contributed by atoms with E-state index in [1.54, 1.807) is 0 Å². The van der Waals surface area contributed by atoms with Gasteiger partial charge in [0.25, 0.3) is 0 Å². The van der Waals surface area contributed by atoms with Crippen molar-refractivity contribution in [3.05, 3.63) is 0 Å². The van der Waals surface area contributed by atoms with Gasteiger partial charge in [0, 0.05) is 0 Å². The van der Waals surface area contributed by atoms with E-state index >= 15 is 0 Å². The SMILES string of the molecule is CC(C)(F)F. The van der Waals surface area contributed by atoms with Gasteiger partial charge in [-0.1, -0.05) is 0 Å². The summed E-state index contributed by atoms with van der Waals surface area (Å²) in [6.07, 6.45) is 0. The van der Waals surface area contributed by atoms with E-state index in [-0.39, 0.29) is 0 Å². The van der Waals surface area contributed by atoms with Gasteiger partial charge >= 0.3 is 0 Å². The van der Waals surface area contributed by atoms with Crippen LogP contribution in [0.3, 0.4) is 0 Å². The van der Waals surface area contributed by atoms with Gasteiger partial charge in [0.15, 0.2) is 0 Å². The number of hydrogen-bond donors (Lipinski definition) is 0. The van der Waals surface area contributed by atoms with Crippen LogP contribution in [0, 0.1) is 0 Å². The second-order valence-electron chi connectivity index (χ2n) is 1.33. The minimum Gasteiger partial charge on any atom is -0.208 e. The summed E-state index contributed by atoms with van der Waals surface area (Å²) in [6.45, 7) is 1.71. The molecule has 0 aromatic rings. The van der Waals surface area contributed by atoms with Gasteiger partial charge in [-0.25, -0.2) is 8.78 Å². The molecule has 0 fully saturated rings. The fraction of sp³-hybridized carbons (Fsp3) is 1.00. The van der Waals surface area contributed by atoms with E-state index in [0.717, 1.165) is 13.8 Å². The van der Waals surface area contributed by atoms with Crippen molar-refractivity contribution >= 4 is 0 Å². The molecule has 0 aliphatic rings. The third kappa shape index (κ3) is 681. The van der Waals surface area contributed by atoms with Gasteiger partial charge in [-0.05, 0) is 13.8 Å². The third-order valence-electron chi connectivity index (χ3n) is 0. The molecule has 0 atom stereocenters. The summed E-state index contributed by atoms with van der Waals surface area (Å²) in [6, 6.07) is 0. The van der Waals surface area contributed by atoms with E-state index < -0.39 is 5.92 Å². The van der Waals surface area contributed by atoms with Crippen LogP contribution >= 0.6 is 0 Å². The highest BCUT2D eigenvalue weighted by atomic mass is 19.3. The molecule has 2 heteroatoms. The lowest BCUT2D eigenvalue weighted by Gasteiger charge is -1.94. The molecule has 0 nitrogen and oxygen atoms in total. The Balaban J connectivity index is 3.02. The topological polar surface area (TPSA) is 0 Å². The Morgan fingerprint density at radius 2 is 1.20 bits per heavy atom. The summed E-state index contributed by atoms with van der Waals surface area (Å²) < 4.78 is 22.0. The molecule has 0 aliphatic carbocycles. The highest BCUT2D eigenvalue weighted by molar-refractivity contribution is 4.40. The second kappa shape index (κ2) is 0.919. The van der Waals surface area contributed by atoms with Crippen LogP contribution in [-0.4, -0.2) is 5.92 Å². The van der Waals surface area contributed by atoms with E-state index in [4.69, 9.17) is 0 Å². The molecule has 0 radical (unpaired) electrons. The van der Waals surface area contributed by atoms with Crippen molar-refractivity contribution in [1.29, 1.82) is 0 Å². The predicted molar refractivity (Wildman–Crippen MR) is 16.3 cm³/mol. The monoisotopic (exact) mass is 80.0 g/mol. The maximum Gasteiger partial charge on any atom is 0.242 e. The lowest BCUT2D eigenvalue weighted by Crippen LogP contribution is -1.98. The molecule has 0 saturated heterocycles. The smallest absolute Gasteiger partial charge is 0.208 e. The first kappa shape index (κ1) is 4.86. The summed E-state index contributed by atoms with van der Waals surface area (Å²) >= 11 is 0. The lowest BCUT2D eigenvalue weighted by molar-refractivity contribution is 0.0437. The van der Waals surface area contributed by atoms with Crippen LogP contribution in [-0.2, 0) is 0 Å². The normalized spacial score (nSPS) is 12.0. The maximum absolute atomic E-state index is 11.0. The molecule has 0 heterocycles. The molecular weight excluding hydrogens is 74.0 g/mol. The van der Waals surface area contributed by atoms with Gasteiger partial charge in [-0.2, -0.15) is 0 Å². The zero-order valence-corrected chi connectivity index (χ0v) is 3.26. The first-order valence-electron chi connectivity index (χ1n) is 1.38. The zero-order chi connectivity index (χ0) is 4.50. The van der Waals surface area contributed by atoms with E-state index in [1.165, 1.54) is 0 Å². The standard InChI is InChI=1S/C3H6F2/c1-3(2,4)5/h1-2H3. The molecule has 32 valence electrons. The Bertz CT molecular complexity index is 20.4. The summed E-state index contributed by atoms with van der Waals surface area (Å²) in [7, 11) is 0. The van der Waals surface area contributed by atoms with E-state index in [1.807, 2.05) is 0 Å². The molecule has 0 amide bonds. The van der Waals surface area contributed by atoms with Crippen molar-refractivity contribution in [1.82, 2.24) is 0 Å². The molecule has 5 heavy (non-hydrogen) atoms. The average molecular weight is 80.1 g/mol. The summed E-state index contributed by atoms with van der Waals surface area (Å²) in [4.78, 5) is 0. The lowest BCUT2D eigenvalue weighted by atomic mass is 10.5. The van der Waals surface area contributed by atoms with Gasteiger partial charge in [0.2, 0.25) is 5.92 Å². The third-order valence-corrected chi connectivity index (χ3v) is 0. The summed E-state index contributed by atoms with van der Waals surface area (Å²) in [5.41, 5.74) is 0. The van der Waals surface area contributed by atoms with Gasteiger partial charge in [0.05, 0.1) is 0 Å². The van der Waals surface area contributed by atoms with Crippen LogP contribution in [0.4, 0.5) is 8.78 Å². The molecule has 0 spiro atoms. The Kier molecular flexibility index (Phi) is 0.894. The first-order chi connectivity index (χ1) is 2.00. The van der Waals surface area contributed by atoms with Gasteiger partial charge in [-0.3, -0.25) is 0 Å². The zero-order valence-electron chi connectivity index (χ0n) is 3.26. The fourth-order valence-corrected chi connectivity index (χ4v) is 0. The van der Waals surface area contributed by atoms with E-state index in [9.17, 15) is 8.78 Å². The quantitative estimate of drug-likeness (QED) is 0.415. The van der Waals surface area contributed by atoms with Crippen molar-refractivity contribution in [3.8, 4) is 0 Å². The van der Waals surface area contributed by atoms with Gasteiger partial charge in [0.1, 0.15) is 0 Å². The number of alkyl halides is 2. The van der Waals surface area contributed by atoms with Crippen molar-refractivity contribution in [2.75, 3.05) is 0 Å². The predicted octanol–water partition coefficient (Wildman–Crippen LogP) is 1.66. The summed E-state index contributed by atoms with van der Waals surface area (Å²) in [5, 5.41) is 0. The van der Waals surface area contributed by atoms with Crippen molar-refractivity contribution in [3.63, 3.8) is 0 Å². The van der Waals surface area contributed by atoms with E-state index in [0.29, 0.717) is 0 Å². The average Bonchev–Trinajstić information content (AvgIpc) is 0.722. The number of hydrogen-bond acceptors (Lipinski definition) is 0. The Hall–Kier alpha value is -0.140. The molecule has 0 N–H and O–H groups in total. The van der Waals surface area contributed by atoms with E-state index in [2.05, 4.69) is 0 Å². The minimum absolute atomic E-state index is 0.854. The van der Waals surface area contributed by atoms with Crippen LogP contribution in [0.1, 0.15) is 13.8 Å². The fourth-order valence-electron chi connectivity index (χ4n) is 0. The molecule has 0 saturated carbocycles. The van der Waals surface area contributed by atoms with Crippen LogP contribution in [0.2, 0.25) is 0 Å². The van der Waals surface area contributed by atoms with Crippen molar-refractivity contribution < 1.29 is 8.78 Å². The van der Waals surface area contributed by atoms with Crippen LogP contribution in [0.5, 0.6) is 0 Å². The molecule has 0 aliphatic heterocycles. The molecule has 0 aromatic heterocycles. The first-order valence-corrected chi connectivity index (χ1v) is 1.38. The second-order valence-corrected chi connectivity index (χ2v) is 1.33. The Morgan fingerprint density at radius 3 is 1.20 bits per heavy atom.